The van der Waals surface area contributed by atoms with Gasteiger partial charge in [-0.1, -0.05) is 34.8 Å². The Morgan fingerprint density at radius 2 is 2.00 bits per heavy atom. The second-order valence-electron chi connectivity index (χ2n) is 4.32. The van der Waals surface area contributed by atoms with E-state index >= 15 is 0 Å². The molecule has 2 aromatic heterocycles. The van der Waals surface area contributed by atoms with Crippen LogP contribution in [0.1, 0.15) is 21.5 Å². The van der Waals surface area contributed by atoms with Gasteiger partial charge in [0.15, 0.2) is 5.78 Å². The second kappa shape index (κ2) is 4.67. The van der Waals surface area contributed by atoms with E-state index in [1.54, 1.807) is 12.3 Å². The largest absolute Gasteiger partial charge is 0.360 e. The van der Waals surface area contributed by atoms with Crippen LogP contribution in [0.25, 0.3) is 10.9 Å². The number of H-pyrrole nitrogens is 1. The lowest BCUT2D eigenvalue weighted by Gasteiger charge is -1.99. The number of thiophene rings is 1. The molecule has 0 aliphatic carbocycles. The molecule has 0 aliphatic rings. The van der Waals surface area contributed by atoms with Crippen LogP contribution in [0.15, 0.2) is 30.5 Å². The van der Waals surface area contributed by atoms with E-state index in [-0.39, 0.29) is 5.78 Å². The third-order valence-corrected chi connectivity index (χ3v) is 4.47. The van der Waals surface area contributed by atoms with E-state index in [9.17, 15) is 4.79 Å². The highest BCUT2D eigenvalue weighted by Gasteiger charge is 2.19. The van der Waals surface area contributed by atoms with E-state index in [1.807, 2.05) is 25.1 Å². The quantitative estimate of drug-likeness (QED) is 0.658. The first-order chi connectivity index (χ1) is 9.06. The fraction of sp³-hybridized carbons (Fsp3) is 0.0714. The van der Waals surface area contributed by atoms with Gasteiger partial charge in [-0.2, -0.15) is 0 Å². The maximum Gasteiger partial charge on any atom is 0.197 e. The minimum atomic E-state index is -0.106. The zero-order valence-corrected chi connectivity index (χ0v) is 12.3. The van der Waals surface area contributed by atoms with E-state index in [2.05, 4.69) is 4.98 Å². The Labute approximate surface area is 124 Å². The Hall–Kier alpha value is -1.29. The fourth-order valence-electron chi connectivity index (χ4n) is 2.06. The molecule has 0 bridgehead atoms. The Morgan fingerprint density at radius 1 is 1.21 bits per heavy atom. The van der Waals surface area contributed by atoms with E-state index in [1.165, 1.54) is 11.3 Å². The Balaban J connectivity index is 2.16. The van der Waals surface area contributed by atoms with Crippen molar-refractivity contribution in [3.8, 4) is 0 Å². The number of aromatic nitrogens is 1. The molecule has 0 radical (unpaired) electrons. The van der Waals surface area contributed by atoms with Crippen LogP contribution in [0.2, 0.25) is 8.67 Å². The van der Waals surface area contributed by atoms with Crippen LogP contribution in [0.4, 0.5) is 0 Å². The summed E-state index contributed by atoms with van der Waals surface area (Å²) in [5, 5.41) is 0.906. The van der Waals surface area contributed by atoms with Crippen molar-refractivity contribution in [3.05, 3.63) is 55.8 Å². The average molecular weight is 310 g/mol. The smallest absolute Gasteiger partial charge is 0.197 e. The fourth-order valence-corrected chi connectivity index (χ4v) is 3.52. The predicted molar refractivity (Wildman–Crippen MR) is 80.8 cm³/mol. The van der Waals surface area contributed by atoms with Crippen LogP contribution in [-0.2, 0) is 0 Å². The predicted octanol–water partition coefficient (Wildman–Crippen LogP) is 5.08. The number of carbonyl (C=O) groups excluding carboxylic acids is 1. The van der Waals surface area contributed by atoms with Crippen LogP contribution < -0.4 is 0 Å². The zero-order valence-electron chi connectivity index (χ0n) is 9.96. The normalized spacial score (nSPS) is 11.1. The summed E-state index contributed by atoms with van der Waals surface area (Å²) in [5.41, 5.74) is 3.12. The van der Waals surface area contributed by atoms with Gasteiger partial charge in [0.1, 0.15) is 4.34 Å². The van der Waals surface area contributed by atoms with Gasteiger partial charge in [-0.15, -0.1) is 11.3 Å². The maximum atomic E-state index is 12.5. The number of aryl methyl sites for hydroxylation is 1. The van der Waals surface area contributed by atoms with Crippen LogP contribution in [0, 0.1) is 6.92 Å². The van der Waals surface area contributed by atoms with Gasteiger partial charge >= 0.3 is 0 Å². The lowest BCUT2D eigenvalue weighted by molar-refractivity contribution is 0.104. The molecule has 0 unspecified atom stereocenters. The summed E-state index contributed by atoms with van der Waals surface area (Å²) in [5.74, 6) is -0.106. The van der Waals surface area contributed by atoms with Gasteiger partial charge in [0.05, 0.1) is 9.90 Å². The summed E-state index contributed by atoms with van der Waals surface area (Å²) >= 11 is 13.1. The van der Waals surface area contributed by atoms with Crippen molar-refractivity contribution in [2.24, 2.45) is 0 Å². The molecular formula is C14H9Cl2NOS. The monoisotopic (exact) mass is 309 g/mol. The number of fused-ring (bicyclic) bond motifs is 1. The van der Waals surface area contributed by atoms with Crippen molar-refractivity contribution in [3.63, 3.8) is 0 Å². The number of benzene rings is 1. The number of halogens is 2. The Kier molecular flexibility index (Phi) is 3.13. The topological polar surface area (TPSA) is 32.9 Å². The summed E-state index contributed by atoms with van der Waals surface area (Å²) in [4.78, 5) is 15.6. The molecule has 0 atom stereocenters. The summed E-state index contributed by atoms with van der Waals surface area (Å²) in [7, 11) is 0. The number of carbonyl (C=O) groups is 1. The van der Waals surface area contributed by atoms with Gasteiger partial charge in [0.25, 0.3) is 0 Å². The Bertz CT molecular complexity index is 788. The molecule has 0 aliphatic heterocycles. The number of aromatic amines is 1. The third-order valence-electron chi connectivity index (χ3n) is 2.98. The molecule has 2 heterocycles. The zero-order chi connectivity index (χ0) is 13.6. The first-order valence-electron chi connectivity index (χ1n) is 5.63. The summed E-state index contributed by atoms with van der Waals surface area (Å²) in [6.07, 6.45) is 1.72. The van der Waals surface area contributed by atoms with Crippen molar-refractivity contribution in [2.45, 2.75) is 6.92 Å². The molecule has 3 rings (SSSR count). The van der Waals surface area contributed by atoms with Crippen LogP contribution >= 0.6 is 34.5 Å². The highest BCUT2D eigenvalue weighted by molar-refractivity contribution is 7.20. The first-order valence-corrected chi connectivity index (χ1v) is 7.21. The van der Waals surface area contributed by atoms with E-state index in [0.717, 1.165) is 16.5 Å². The molecular weight excluding hydrogens is 301 g/mol. The molecule has 1 N–H and O–H groups in total. The molecule has 0 saturated heterocycles. The molecule has 2 nitrogen and oxygen atoms in total. The highest BCUT2D eigenvalue weighted by Crippen LogP contribution is 2.33. The van der Waals surface area contributed by atoms with Crippen molar-refractivity contribution in [2.75, 3.05) is 0 Å². The standard InChI is InChI=1S/C14H9Cl2NOS/c1-7-2-3-11-8(4-7)10(6-17-11)13(18)9-5-12(15)19-14(9)16/h2-6,17H,1H3. The number of hydrogen-bond acceptors (Lipinski definition) is 2. The van der Waals surface area contributed by atoms with Crippen LogP contribution in [0.3, 0.4) is 0 Å². The average Bonchev–Trinajstić information content (AvgIpc) is 2.91. The molecule has 0 spiro atoms. The van der Waals surface area contributed by atoms with Gasteiger partial charge in [0.2, 0.25) is 0 Å². The second-order valence-corrected chi connectivity index (χ2v) is 6.60. The first kappa shape index (κ1) is 12.7. The summed E-state index contributed by atoms with van der Waals surface area (Å²) < 4.78 is 0.946. The minimum absolute atomic E-state index is 0.106. The minimum Gasteiger partial charge on any atom is -0.360 e. The number of ketones is 1. The van der Waals surface area contributed by atoms with Gasteiger partial charge in [-0.3, -0.25) is 4.79 Å². The molecule has 0 saturated carbocycles. The van der Waals surface area contributed by atoms with Crippen LogP contribution in [-0.4, -0.2) is 10.8 Å². The lowest BCUT2D eigenvalue weighted by Crippen LogP contribution is -1.99. The molecule has 5 heteroatoms. The Morgan fingerprint density at radius 3 is 2.68 bits per heavy atom. The van der Waals surface area contributed by atoms with Crippen molar-refractivity contribution in [1.29, 1.82) is 0 Å². The van der Waals surface area contributed by atoms with Crippen molar-refractivity contribution >= 4 is 51.2 Å². The van der Waals surface area contributed by atoms with E-state index < -0.39 is 0 Å². The SMILES string of the molecule is Cc1ccc2[nH]cc(C(=O)c3cc(Cl)sc3Cl)c2c1. The molecule has 19 heavy (non-hydrogen) atoms. The third kappa shape index (κ3) is 2.18. The van der Waals surface area contributed by atoms with Crippen LogP contribution in [0.5, 0.6) is 0 Å². The van der Waals surface area contributed by atoms with Gasteiger partial charge < -0.3 is 4.98 Å². The number of nitrogens with one attached hydrogen (secondary N) is 1. The molecule has 1 aromatic carbocycles. The van der Waals surface area contributed by atoms with E-state index in [0.29, 0.717) is 19.8 Å². The molecule has 0 fully saturated rings. The number of hydrogen-bond donors (Lipinski definition) is 1. The molecule has 96 valence electrons. The highest BCUT2D eigenvalue weighted by atomic mass is 35.5. The van der Waals surface area contributed by atoms with Gasteiger partial charge in [-0.25, -0.2) is 0 Å². The van der Waals surface area contributed by atoms with Crippen molar-refractivity contribution in [1.82, 2.24) is 4.98 Å². The lowest BCUT2D eigenvalue weighted by atomic mass is 10.0. The van der Waals surface area contributed by atoms with Crippen molar-refractivity contribution < 1.29 is 4.79 Å². The number of rotatable bonds is 2. The summed E-state index contributed by atoms with van der Waals surface area (Å²) in [6.45, 7) is 2.00. The van der Waals surface area contributed by atoms with E-state index in [4.69, 9.17) is 23.2 Å². The van der Waals surface area contributed by atoms with Gasteiger partial charge in [-0.05, 0) is 25.1 Å². The molecule has 0 amide bonds. The molecule has 3 aromatic rings. The maximum absolute atomic E-state index is 12.5. The summed E-state index contributed by atoms with van der Waals surface area (Å²) in [6, 6.07) is 7.57. The van der Waals surface area contributed by atoms with Gasteiger partial charge in [0, 0.05) is 22.7 Å².